The van der Waals surface area contributed by atoms with E-state index in [0.717, 1.165) is 11.1 Å². The van der Waals surface area contributed by atoms with Crippen molar-refractivity contribution in [2.45, 2.75) is 64.1 Å². The SMILES string of the molecule is C=CCC1(C)CC(c2cccc(Cl)c2)C(c2ccc(Cl)cc2)N([C@@H](CC)[C@H](C)O)C1=O. The second-order valence-electron chi connectivity index (χ2n) is 8.84. The number of aliphatic hydroxyl groups is 1. The molecule has 5 heteroatoms. The molecule has 1 heterocycles. The summed E-state index contributed by atoms with van der Waals surface area (Å²) < 4.78 is 0. The number of halogens is 2. The first kappa shape index (κ1) is 23.8. The number of nitrogens with zero attached hydrogens (tertiary/aromatic N) is 1. The minimum Gasteiger partial charge on any atom is -0.391 e. The summed E-state index contributed by atoms with van der Waals surface area (Å²) in [6.45, 7) is 9.68. The van der Waals surface area contributed by atoms with Gasteiger partial charge in [-0.1, -0.05) is 67.4 Å². The maximum atomic E-state index is 14.0. The molecule has 0 radical (unpaired) electrons. The number of aliphatic hydroxyl groups excluding tert-OH is 1. The Hall–Kier alpha value is -1.81. The van der Waals surface area contributed by atoms with E-state index in [0.29, 0.717) is 29.3 Å². The number of carbonyl (C=O) groups is 1. The molecule has 1 aliphatic heterocycles. The fourth-order valence-corrected chi connectivity index (χ4v) is 5.35. The number of carbonyl (C=O) groups excluding carboxylic acids is 1. The molecule has 0 bridgehead atoms. The first-order valence-corrected chi connectivity index (χ1v) is 11.6. The molecule has 2 aromatic carbocycles. The molecule has 1 fully saturated rings. The lowest BCUT2D eigenvalue weighted by Crippen LogP contribution is -2.57. The van der Waals surface area contributed by atoms with Crippen LogP contribution in [0, 0.1) is 5.41 Å². The molecular weight excluding hydrogens is 429 g/mol. The minimum atomic E-state index is -0.658. The highest BCUT2D eigenvalue weighted by molar-refractivity contribution is 6.30. The zero-order chi connectivity index (χ0) is 22.8. The number of rotatable bonds is 7. The van der Waals surface area contributed by atoms with Crippen molar-refractivity contribution in [1.82, 2.24) is 4.90 Å². The maximum Gasteiger partial charge on any atom is 0.229 e. The van der Waals surface area contributed by atoms with Crippen molar-refractivity contribution in [2.24, 2.45) is 5.41 Å². The van der Waals surface area contributed by atoms with Gasteiger partial charge in [-0.3, -0.25) is 4.79 Å². The standard InChI is InChI=1S/C26H31Cl2NO2/c1-5-14-26(4)16-22(19-8-7-9-21(28)15-19)24(18-10-12-20(27)13-11-18)29(25(26)31)23(6-2)17(3)30/h5,7-13,15,17,22-24,30H,1,6,14,16H2,2-4H3/t17-,22?,23-,24?,26?/m0/s1. The van der Waals surface area contributed by atoms with E-state index in [2.05, 4.69) is 12.6 Å². The lowest BCUT2D eigenvalue weighted by atomic mass is 9.67. The second-order valence-corrected chi connectivity index (χ2v) is 9.72. The first-order chi connectivity index (χ1) is 14.7. The van der Waals surface area contributed by atoms with E-state index in [1.54, 1.807) is 6.92 Å². The molecule has 5 atom stereocenters. The van der Waals surface area contributed by atoms with E-state index < -0.39 is 11.5 Å². The topological polar surface area (TPSA) is 40.5 Å². The lowest BCUT2D eigenvalue weighted by molar-refractivity contribution is -0.158. The van der Waals surface area contributed by atoms with Crippen molar-refractivity contribution in [2.75, 3.05) is 0 Å². The number of benzene rings is 2. The van der Waals surface area contributed by atoms with Gasteiger partial charge in [0.2, 0.25) is 5.91 Å². The van der Waals surface area contributed by atoms with Crippen LogP contribution in [-0.2, 0) is 4.79 Å². The maximum absolute atomic E-state index is 14.0. The van der Waals surface area contributed by atoms with Crippen molar-refractivity contribution in [3.63, 3.8) is 0 Å². The van der Waals surface area contributed by atoms with Crippen molar-refractivity contribution in [1.29, 1.82) is 0 Å². The summed E-state index contributed by atoms with van der Waals surface area (Å²) in [7, 11) is 0. The number of hydrogen-bond acceptors (Lipinski definition) is 2. The van der Waals surface area contributed by atoms with Crippen LogP contribution < -0.4 is 0 Å². The van der Waals surface area contributed by atoms with E-state index in [1.807, 2.05) is 67.3 Å². The fraction of sp³-hybridized carbons (Fsp3) is 0.423. The van der Waals surface area contributed by atoms with Gasteiger partial charge in [0, 0.05) is 16.0 Å². The Labute approximate surface area is 195 Å². The Balaban J connectivity index is 2.24. The van der Waals surface area contributed by atoms with Crippen LogP contribution in [0.3, 0.4) is 0 Å². The Morgan fingerprint density at radius 1 is 1.19 bits per heavy atom. The number of hydrogen-bond donors (Lipinski definition) is 1. The highest BCUT2D eigenvalue weighted by Crippen LogP contribution is 2.52. The number of allylic oxidation sites excluding steroid dienone is 1. The quantitative estimate of drug-likeness (QED) is 0.462. The summed E-state index contributed by atoms with van der Waals surface area (Å²) in [6, 6.07) is 15.0. The summed E-state index contributed by atoms with van der Waals surface area (Å²) in [5.41, 5.74) is 1.48. The zero-order valence-corrected chi connectivity index (χ0v) is 19.9. The molecule has 3 rings (SSSR count). The predicted molar refractivity (Wildman–Crippen MR) is 129 cm³/mol. The van der Waals surface area contributed by atoms with Crippen molar-refractivity contribution >= 4 is 29.1 Å². The summed E-state index contributed by atoms with van der Waals surface area (Å²) in [4.78, 5) is 15.9. The minimum absolute atomic E-state index is 0.00956. The summed E-state index contributed by atoms with van der Waals surface area (Å²) in [5.74, 6) is 0.0636. The average Bonchev–Trinajstić information content (AvgIpc) is 2.72. The van der Waals surface area contributed by atoms with E-state index in [-0.39, 0.29) is 23.9 Å². The number of likely N-dealkylation sites (tertiary alicyclic amines) is 1. The monoisotopic (exact) mass is 459 g/mol. The molecule has 166 valence electrons. The molecule has 1 N–H and O–H groups in total. The van der Waals surface area contributed by atoms with E-state index in [9.17, 15) is 9.90 Å². The van der Waals surface area contributed by atoms with Gasteiger partial charge < -0.3 is 10.0 Å². The third-order valence-electron chi connectivity index (χ3n) is 6.52. The van der Waals surface area contributed by atoms with Crippen molar-refractivity contribution in [3.05, 3.63) is 82.4 Å². The van der Waals surface area contributed by atoms with Crippen LogP contribution >= 0.6 is 23.2 Å². The fourth-order valence-electron chi connectivity index (χ4n) is 5.02. The third-order valence-corrected chi connectivity index (χ3v) is 7.00. The third kappa shape index (κ3) is 4.84. The van der Waals surface area contributed by atoms with Gasteiger partial charge in [-0.15, -0.1) is 6.58 Å². The molecule has 3 unspecified atom stereocenters. The molecule has 31 heavy (non-hydrogen) atoms. The smallest absolute Gasteiger partial charge is 0.229 e. The van der Waals surface area contributed by atoms with Crippen LogP contribution in [0.25, 0.3) is 0 Å². The van der Waals surface area contributed by atoms with E-state index in [4.69, 9.17) is 23.2 Å². The van der Waals surface area contributed by atoms with Crippen molar-refractivity contribution in [3.8, 4) is 0 Å². The van der Waals surface area contributed by atoms with Crippen LogP contribution in [0.5, 0.6) is 0 Å². The summed E-state index contributed by atoms with van der Waals surface area (Å²) >= 11 is 12.5. The van der Waals surface area contributed by atoms with Gasteiger partial charge in [0.05, 0.1) is 23.6 Å². The Bertz CT molecular complexity index is 927. The highest BCUT2D eigenvalue weighted by atomic mass is 35.5. The van der Waals surface area contributed by atoms with Crippen LogP contribution in [0.15, 0.2) is 61.2 Å². The Morgan fingerprint density at radius 3 is 2.42 bits per heavy atom. The summed E-state index contributed by atoms with van der Waals surface area (Å²) in [6.07, 6.45) is 3.05. The molecule has 0 saturated carbocycles. The number of piperidine rings is 1. The van der Waals surface area contributed by atoms with Gasteiger partial charge in [-0.25, -0.2) is 0 Å². The molecule has 0 spiro atoms. The number of amides is 1. The molecular formula is C26H31Cl2NO2. The molecule has 0 aromatic heterocycles. The predicted octanol–water partition coefficient (Wildman–Crippen LogP) is 6.79. The van der Waals surface area contributed by atoms with Crippen LogP contribution in [-0.4, -0.2) is 28.1 Å². The van der Waals surface area contributed by atoms with Gasteiger partial charge in [0.1, 0.15) is 0 Å². The van der Waals surface area contributed by atoms with Crippen LogP contribution in [0.1, 0.15) is 63.1 Å². The normalized spacial score (nSPS) is 25.9. The first-order valence-electron chi connectivity index (χ1n) is 10.8. The zero-order valence-electron chi connectivity index (χ0n) is 18.4. The second kappa shape index (κ2) is 9.77. The molecule has 0 aliphatic carbocycles. The largest absolute Gasteiger partial charge is 0.391 e. The van der Waals surface area contributed by atoms with Crippen molar-refractivity contribution < 1.29 is 9.90 Å². The molecule has 1 saturated heterocycles. The van der Waals surface area contributed by atoms with E-state index >= 15 is 0 Å². The van der Waals surface area contributed by atoms with Gasteiger partial charge in [-0.05, 0) is 61.6 Å². The molecule has 1 amide bonds. The Kier molecular flexibility index (Phi) is 7.51. The Morgan fingerprint density at radius 2 is 1.87 bits per heavy atom. The average molecular weight is 460 g/mol. The summed E-state index contributed by atoms with van der Waals surface area (Å²) in [5, 5.41) is 12.0. The van der Waals surface area contributed by atoms with E-state index in [1.165, 1.54) is 0 Å². The van der Waals surface area contributed by atoms with Crippen LogP contribution in [0.2, 0.25) is 10.0 Å². The van der Waals surface area contributed by atoms with Gasteiger partial charge in [0.25, 0.3) is 0 Å². The molecule has 1 aliphatic rings. The van der Waals surface area contributed by atoms with Gasteiger partial charge in [0.15, 0.2) is 0 Å². The van der Waals surface area contributed by atoms with Crippen LogP contribution in [0.4, 0.5) is 0 Å². The highest BCUT2D eigenvalue weighted by Gasteiger charge is 2.51. The lowest BCUT2D eigenvalue weighted by Gasteiger charge is -2.52. The van der Waals surface area contributed by atoms with Gasteiger partial charge in [-0.2, -0.15) is 0 Å². The molecule has 3 nitrogen and oxygen atoms in total. The van der Waals surface area contributed by atoms with Gasteiger partial charge >= 0.3 is 0 Å². The molecule has 2 aromatic rings.